The maximum absolute atomic E-state index is 10.9. The van der Waals surface area contributed by atoms with Crippen LogP contribution in [0.5, 0.6) is 5.75 Å². The summed E-state index contributed by atoms with van der Waals surface area (Å²) in [6.07, 6.45) is 1.50. The van der Waals surface area contributed by atoms with Crippen LogP contribution in [0.25, 0.3) is 0 Å². The molecule has 0 bridgehead atoms. The van der Waals surface area contributed by atoms with E-state index in [1.54, 1.807) is 19.2 Å². The maximum Gasteiger partial charge on any atom is 0.269 e. The minimum absolute atomic E-state index is 0.0712. The highest BCUT2D eigenvalue weighted by Crippen LogP contribution is 2.35. The Balaban J connectivity index is 2.31. The van der Waals surface area contributed by atoms with E-state index in [1.807, 2.05) is 0 Å². The lowest BCUT2D eigenvalue weighted by Crippen LogP contribution is -2.33. The molecule has 2 N–H and O–H groups in total. The average molecular weight is 266 g/mol. The molecule has 1 aliphatic rings. The van der Waals surface area contributed by atoms with Gasteiger partial charge in [-0.1, -0.05) is 0 Å². The zero-order valence-electron chi connectivity index (χ0n) is 10.9. The Labute approximate surface area is 111 Å². The molecule has 19 heavy (non-hydrogen) atoms. The second-order valence-electron chi connectivity index (χ2n) is 4.94. The molecule has 1 unspecified atom stereocenters. The Hall–Kier alpha value is -1.66. The first-order chi connectivity index (χ1) is 9.10. The Morgan fingerprint density at radius 3 is 2.89 bits per heavy atom. The van der Waals surface area contributed by atoms with E-state index in [9.17, 15) is 10.1 Å². The molecule has 1 aliphatic heterocycles. The smallest absolute Gasteiger partial charge is 0.269 e. The summed E-state index contributed by atoms with van der Waals surface area (Å²) in [7, 11) is 1.56. The molecule has 0 saturated carbocycles. The van der Waals surface area contributed by atoms with Crippen molar-refractivity contribution in [1.82, 2.24) is 0 Å². The Morgan fingerprint density at radius 2 is 2.37 bits per heavy atom. The van der Waals surface area contributed by atoms with E-state index in [-0.39, 0.29) is 11.1 Å². The van der Waals surface area contributed by atoms with Crippen LogP contribution in [-0.4, -0.2) is 31.8 Å². The molecule has 1 aromatic rings. The second-order valence-corrected chi connectivity index (χ2v) is 4.94. The van der Waals surface area contributed by atoms with Gasteiger partial charge in [-0.05, 0) is 18.9 Å². The van der Waals surface area contributed by atoms with Crippen LogP contribution in [0, 0.1) is 15.5 Å². The van der Waals surface area contributed by atoms with Crippen molar-refractivity contribution in [1.29, 1.82) is 0 Å². The number of rotatable bonds is 5. The van der Waals surface area contributed by atoms with Crippen LogP contribution in [0.1, 0.15) is 12.0 Å². The minimum atomic E-state index is -0.400. The topological polar surface area (TPSA) is 87.6 Å². The number of methoxy groups -OCH3 is 1. The lowest BCUT2D eigenvalue weighted by atomic mass is 9.81. The quantitative estimate of drug-likeness (QED) is 0.644. The van der Waals surface area contributed by atoms with Crippen LogP contribution in [0.3, 0.4) is 0 Å². The fourth-order valence-electron chi connectivity index (χ4n) is 2.44. The van der Waals surface area contributed by atoms with Crippen LogP contribution in [-0.2, 0) is 11.2 Å². The second kappa shape index (κ2) is 5.54. The Kier molecular flexibility index (Phi) is 4.01. The molecule has 1 fully saturated rings. The predicted molar refractivity (Wildman–Crippen MR) is 70.3 cm³/mol. The SMILES string of the molecule is COc1ccc([N+](=O)[O-])cc1CC1(CN)CCOC1. The van der Waals surface area contributed by atoms with E-state index in [1.165, 1.54) is 6.07 Å². The lowest BCUT2D eigenvalue weighted by molar-refractivity contribution is -0.384. The number of nitrogens with zero attached hydrogens (tertiary/aromatic N) is 1. The molecule has 0 spiro atoms. The summed E-state index contributed by atoms with van der Waals surface area (Å²) in [5, 5.41) is 10.9. The van der Waals surface area contributed by atoms with E-state index in [0.29, 0.717) is 31.9 Å². The van der Waals surface area contributed by atoms with E-state index < -0.39 is 4.92 Å². The molecule has 1 heterocycles. The van der Waals surface area contributed by atoms with Gasteiger partial charge in [-0.2, -0.15) is 0 Å². The molecule has 1 saturated heterocycles. The van der Waals surface area contributed by atoms with Crippen molar-refractivity contribution in [3.8, 4) is 5.75 Å². The van der Waals surface area contributed by atoms with Gasteiger partial charge >= 0.3 is 0 Å². The van der Waals surface area contributed by atoms with Crippen molar-refractivity contribution in [3.05, 3.63) is 33.9 Å². The number of non-ortho nitro benzene ring substituents is 1. The van der Waals surface area contributed by atoms with Crippen molar-refractivity contribution < 1.29 is 14.4 Å². The summed E-state index contributed by atoms with van der Waals surface area (Å²) in [6, 6.07) is 4.64. The van der Waals surface area contributed by atoms with Crippen LogP contribution in [0.4, 0.5) is 5.69 Å². The van der Waals surface area contributed by atoms with Crippen molar-refractivity contribution in [3.63, 3.8) is 0 Å². The zero-order chi connectivity index (χ0) is 13.9. The van der Waals surface area contributed by atoms with Gasteiger partial charge < -0.3 is 15.2 Å². The molecule has 6 heteroatoms. The van der Waals surface area contributed by atoms with Gasteiger partial charge in [0.1, 0.15) is 5.75 Å². The van der Waals surface area contributed by atoms with Gasteiger partial charge in [-0.25, -0.2) is 0 Å². The van der Waals surface area contributed by atoms with Gasteiger partial charge in [0.25, 0.3) is 5.69 Å². The van der Waals surface area contributed by atoms with Crippen molar-refractivity contribution in [2.75, 3.05) is 26.9 Å². The summed E-state index contributed by atoms with van der Waals surface area (Å²) in [6.45, 7) is 1.78. The number of nitro groups is 1. The molecule has 0 radical (unpaired) electrons. The first kappa shape index (κ1) is 13.8. The van der Waals surface area contributed by atoms with E-state index in [2.05, 4.69) is 0 Å². The first-order valence-corrected chi connectivity index (χ1v) is 6.19. The van der Waals surface area contributed by atoms with Gasteiger partial charge in [-0.15, -0.1) is 0 Å². The van der Waals surface area contributed by atoms with Gasteiger partial charge in [0.2, 0.25) is 0 Å². The molecule has 0 amide bonds. The monoisotopic (exact) mass is 266 g/mol. The fourth-order valence-corrected chi connectivity index (χ4v) is 2.44. The van der Waals surface area contributed by atoms with Gasteiger partial charge in [-0.3, -0.25) is 10.1 Å². The van der Waals surface area contributed by atoms with Gasteiger partial charge in [0.15, 0.2) is 0 Å². The highest BCUT2D eigenvalue weighted by atomic mass is 16.6. The first-order valence-electron chi connectivity index (χ1n) is 6.19. The summed E-state index contributed by atoms with van der Waals surface area (Å²) in [5.41, 5.74) is 6.60. The van der Waals surface area contributed by atoms with E-state index in [4.69, 9.17) is 15.2 Å². The lowest BCUT2D eigenvalue weighted by Gasteiger charge is -2.26. The van der Waals surface area contributed by atoms with Crippen molar-refractivity contribution in [2.45, 2.75) is 12.8 Å². The molecule has 2 rings (SSSR count). The van der Waals surface area contributed by atoms with E-state index >= 15 is 0 Å². The van der Waals surface area contributed by atoms with Crippen molar-refractivity contribution in [2.24, 2.45) is 11.1 Å². The molecule has 6 nitrogen and oxygen atoms in total. The van der Waals surface area contributed by atoms with E-state index in [0.717, 1.165) is 12.0 Å². The molecule has 1 aromatic carbocycles. The molecule has 0 aliphatic carbocycles. The third kappa shape index (κ3) is 2.85. The standard InChI is InChI=1S/C13H18N2O4/c1-18-12-3-2-11(15(16)17)6-10(12)7-13(8-14)4-5-19-9-13/h2-3,6H,4-5,7-9,14H2,1H3. The summed E-state index contributed by atoms with van der Waals surface area (Å²) in [4.78, 5) is 10.5. The normalized spacial score (nSPS) is 22.4. The highest BCUT2D eigenvalue weighted by molar-refractivity contribution is 5.44. The Morgan fingerprint density at radius 1 is 1.58 bits per heavy atom. The summed E-state index contributed by atoms with van der Waals surface area (Å²) < 4.78 is 10.7. The highest BCUT2D eigenvalue weighted by Gasteiger charge is 2.34. The molecular weight excluding hydrogens is 248 g/mol. The number of benzene rings is 1. The molecule has 104 valence electrons. The van der Waals surface area contributed by atoms with Crippen LogP contribution < -0.4 is 10.5 Å². The fraction of sp³-hybridized carbons (Fsp3) is 0.538. The number of nitro benzene ring substituents is 1. The molecule has 0 aromatic heterocycles. The number of nitrogens with two attached hydrogens (primary N) is 1. The van der Waals surface area contributed by atoms with Gasteiger partial charge in [0, 0.05) is 36.3 Å². The third-order valence-electron chi connectivity index (χ3n) is 3.66. The van der Waals surface area contributed by atoms with Gasteiger partial charge in [0.05, 0.1) is 18.6 Å². The zero-order valence-corrected chi connectivity index (χ0v) is 10.9. The molecular formula is C13H18N2O4. The van der Waals surface area contributed by atoms with Crippen LogP contribution in [0.2, 0.25) is 0 Å². The van der Waals surface area contributed by atoms with Crippen molar-refractivity contribution >= 4 is 5.69 Å². The average Bonchev–Trinajstić information content (AvgIpc) is 2.87. The van der Waals surface area contributed by atoms with Crippen LogP contribution >= 0.6 is 0 Å². The third-order valence-corrected chi connectivity index (χ3v) is 3.66. The number of hydrogen-bond donors (Lipinski definition) is 1. The summed E-state index contributed by atoms with van der Waals surface area (Å²) >= 11 is 0. The predicted octanol–water partition coefficient (Wildman–Crippen LogP) is 1.51. The summed E-state index contributed by atoms with van der Waals surface area (Å²) in [5.74, 6) is 0.658. The van der Waals surface area contributed by atoms with Crippen LogP contribution in [0.15, 0.2) is 18.2 Å². The Bertz CT molecular complexity index is 470. The molecule has 1 atom stereocenters. The number of hydrogen-bond acceptors (Lipinski definition) is 5. The largest absolute Gasteiger partial charge is 0.496 e. The minimum Gasteiger partial charge on any atom is -0.496 e. The maximum atomic E-state index is 10.9. The number of ether oxygens (including phenoxy) is 2.